The summed E-state index contributed by atoms with van der Waals surface area (Å²) < 4.78 is 5.21. The van der Waals surface area contributed by atoms with Gasteiger partial charge in [0.15, 0.2) is 0 Å². The molecule has 1 fully saturated rings. The van der Waals surface area contributed by atoms with Gasteiger partial charge in [-0.15, -0.1) is 0 Å². The standard InChI is InChI=1S/C14H22N2O/c1-10-5-3-6-11(10)9-16-12-7-4-8-13(17-2)14(12)15/h4,7-8,10-11,16H,3,5-6,9,15H2,1-2H3. The Labute approximate surface area is 103 Å². The number of hydrogen-bond acceptors (Lipinski definition) is 3. The van der Waals surface area contributed by atoms with Crippen molar-refractivity contribution in [1.82, 2.24) is 0 Å². The van der Waals surface area contributed by atoms with Crippen molar-refractivity contribution in [3.63, 3.8) is 0 Å². The van der Waals surface area contributed by atoms with Crippen LogP contribution < -0.4 is 15.8 Å². The highest BCUT2D eigenvalue weighted by molar-refractivity contribution is 5.72. The zero-order valence-electron chi connectivity index (χ0n) is 10.7. The second-order valence-electron chi connectivity index (χ2n) is 4.97. The highest BCUT2D eigenvalue weighted by Gasteiger charge is 2.23. The highest BCUT2D eigenvalue weighted by atomic mass is 16.5. The molecule has 1 aliphatic rings. The first-order chi connectivity index (χ1) is 8.22. The average Bonchev–Trinajstić information content (AvgIpc) is 2.74. The first-order valence-electron chi connectivity index (χ1n) is 6.38. The van der Waals surface area contributed by atoms with Crippen molar-refractivity contribution in [1.29, 1.82) is 0 Å². The number of benzene rings is 1. The lowest BCUT2D eigenvalue weighted by molar-refractivity contribution is 0.417. The Hall–Kier alpha value is -1.38. The van der Waals surface area contributed by atoms with Crippen molar-refractivity contribution < 1.29 is 4.74 Å². The number of nitrogens with two attached hydrogens (primary N) is 1. The first kappa shape index (κ1) is 12.1. The molecule has 0 heterocycles. The maximum Gasteiger partial charge on any atom is 0.143 e. The highest BCUT2D eigenvalue weighted by Crippen LogP contribution is 2.33. The molecule has 1 aromatic carbocycles. The van der Waals surface area contributed by atoms with Crippen molar-refractivity contribution in [2.75, 3.05) is 24.7 Å². The van der Waals surface area contributed by atoms with Gasteiger partial charge in [-0.05, 0) is 30.4 Å². The maximum absolute atomic E-state index is 6.03. The van der Waals surface area contributed by atoms with Crippen LogP contribution in [0.15, 0.2) is 18.2 Å². The van der Waals surface area contributed by atoms with Crippen LogP contribution in [0.4, 0.5) is 11.4 Å². The molecule has 0 aliphatic heterocycles. The van der Waals surface area contributed by atoms with Gasteiger partial charge in [0.05, 0.1) is 18.5 Å². The number of para-hydroxylation sites is 1. The van der Waals surface area contributed by atoms with Crippen LogP contribution in [0.2, 0.25) is 0 Å². The van der Waals surface area contributed by atoms with Crippen LogP contribution >= 0.6 is 0 Å². The number of anilines is 2. The molecule has 1 aliphatic carbocycles. The van der Waals surface area contributed by atoms with Crippen LogP contribution in [0.5, 0.6) is 5.75 Å². The summed E-state index contributed by atoms with van der Waals surface area (Å²) in [4.78, 5) is 0. The lowest BCUT2D eigenvalue weighted by Gasteiger charge is -2.18. The van der Waals surface area contributed by atoms with E-state index < -0.39 is 0 Å². The molecule has 94 valence electrons. The fraction of sp³-hybridized carbons (Fsp3) is 0.571. The van der Waals surface area contributed by atoms with Crippen molar-refractivity contribution in [2.24, 2.45) is 11.8 Å². The first-order valence-corrected chi connectivity index (χ1v) is 6.38. The van der Waals surface area contributed by atoms with Gasteiger partial charge >= 0.3 is 0 Å². The summed E-state index contributed by atoms with van der Waals surface area (Å²) >= 11 is 0. The van der Waals surface area contributed by atoms with Crippen LogP contribution in [-0.2, 0) is 0 Å². The summed E-state index contributed by atoms with van der Waals surface area (Å²) in [5, 5.41) is 3.46. The molecule has 0 spiro atoms. The number of hydrogen-bond donors (Lipinski definition) is 2. The summed E-state index contributed by atoms with van der Waals surface area (Å²) in [5.74, 6) is 2.35. The molecule has 0 saturated heterocycles. The molecule has 1 saturated carbocycles. The maximum atomic E-state index is 6.03. The van der Waals surface area contributed by atoms with E-state index in [4.69, 9.17) is 10.5 Å². The van der Waals surface area contributed by atoms with Gasteiger partial charge in [0.2, 0.25) is 0 Å². The lowest BCUT2D eigenvalue weighted by atomic mass is 9.98. The second kappa shape index (κ2) is 5.30. The molecule has 1 aromatic rings. The van der Waals surface area contributed by atoms with Gasteiger partial charge in [0.1, 0.15) is 5.75 Å². The van der Waals surface area contributed by atoms with Gasteiger partial charge in [0, 0.05) is 6.54 Å². The summed E-state index contributed by atoms with van der Waals surface area (Å²) in [6.07, 6.45) is 4.05. The Kier molecular flexibility index (Phi) is 3.77. The molecule has 2 unspecified atom stereocenters. The summed E-state index contributed by atoms with van der Waals surface area (Å²) in [6, 6.07) is 5.87. The molecule has 17 heavy (non-hydrogen) atoms. The van der Waals surface area contributed by atoms with E-state index in [9.17, 15) is 0 Å². The van der Waals surface area contributed by atoms with E-state index in [0.717, 1.165) is 29.8 Å². The second-order valence-corrected chi connectivity index (χ2v) is 4.97. The Bertz CT molecular complexity index is 378. The van der Waals surface area contributed by atoms with Gasteiger partial charge in [-0.2, -0.15) is 0 Å². The van der Waals surface area contributed by atoms with Crippen molar-refractivity contribution in [3.05, 3.63) is 18.2 Å². The molecule has 3 nitrogen and oxygen atoms in total. The summed E-state index contributed by atoms with van der Waals surface area (Å²) in [7, 11) is 1.65. The SMILES string of the molecule is COc1cccc(NCC2CCCC2C)c1N. The number of nitrogen functional groups attached to an aromatic ring is 1. The van der Waals surface area contributed by atoms with E-state index in [1.807, 2.05) is 18.2 Å². The number of ether oxygens (including phenoxy) is 1. The molecular weight excluding hydrogens is 212 g/mol. The minimum atomic E-state index is 0.709. The van der Waals surface area contributed by atoms with Crippen molar-refractivity contribution >= 4 is 11.4 Å². The molecule has 0 bridgehead atoms. The van der Waals surface area contributed by atoms with E-state index in [1.165, 1.54) is 19.3 Å². The number of nitrogens with one attached hydrogen (secondary N) is 1. The predicted molar refractivity (Wildman–Crippen MR) is 72.4 cm³/mol. The molecule has 2 atom stereocenters. The normalized spacial score (nSPS) is 23.6. The predicted octanol–water partition coefficient (Wildman–Crippen LogP) is 3.13. The quantitative estimate of drug-likeness (QED) is 0.787. The monoisotopic (exact) mass is 234 g/mol. The summed E-state index contributed by atoms with van der Waals surface area (Å²) in [5.41, 5.74) is 7.72. The Morgan fingerprint density at radius 2 is 2.24 bits per heavy atom. The van der Waals surface area contributed by atoms with E-state index >= 15 is 0 Å². The van der Waals surface area contributed by atoms with Crippen molar-refractivity contribution in [3.8, 4) is 5.75 Å². The Balaban J connectivity index is 1.99. The smallest absolute Gasteiger partial charge is 0.143 e. The van der Waals surface area contributed by atoms with E-state index in [2.05, 4.69) is 12.2 Å². The van der Waals surface area contributed by atoms with Gasteiger partial charge in [-0.25, -0.2) is 0 Å². The van der Waals surface area contributed by atoms with Crippen LogP contribution in [0.25, 0.3) is 0 Å². The third kappa shape index (κ3) is 2.65. The van der Waals surface area contributed by atoms with Crippen LogP contribution in [-0.4, -0.2) is 13.7 Å². The summed E-state index contributed by atoms with van der Waals surface area (Å²) in [6.45, 7) is 3.35. The van der Waals surface area contributed by atoms with Gasteiger partial charge < -0.3 is 15.8 Å². The molecule has 3 heteroatoms. The zero-order valence-corrected chi connectivity index (χ0v) is 10.7. The molecule has 0 radical (unpaired) electrons. The minimum Gasteiger partial charge on any atom is -0.495 e. The Morgan fingerprint density at radius 3 is 2.88 bits per heavy atom. The van der Waals surface area contributed by atoms with Gasteiger partial charge in [-0.1, -0.05) is 25.8 Å². The average molecular weight is 234 g/mol. The fourth-order valence-corrected chi connectivity index (χ4v) is 2.64. The molecule has 3 N–H and O–H groups in total. The molecule has 2 rings (SSSR count). The van der Waals surface area contributed by atoms with Gasteiger partial charge in [0.25, 0.3) is 0 Å². The molecular formula is C14H22N2O. The topological polar surface area (TPSA) is 47.3 Å². The fourth-order valence-electron chi connectivity index (χ4n) is 2.64. The van der Waals surface area contributed by atoms with E-state index in [0.29, 0.717) is 5.69 Å². The lowest BCUT2D eigenvalue weighted by Crippen LogP contribution is -2.17. The third-order valence-corrected chi connectivity index (χ3v) is 3.88. The van der Waals surface area contributed by atoms with E-state index in [-0.39, 0.29) is 0 Å². The minimum absolute atomic E-state index is 0.709. The van der Waals surface area contributed by atoms with Crippen LogP contribution in [0.3, 0.4) is 0 Å². The van der Waals surface area contributed by atoms with Crippen LogP contribution in [0.1, 0.15) is 26.2 Å². The Morgan fingerprint density at radius 1 is 1.41 bits per heavy atom. The van der Waals surface area contributed by atoms with Gasteiger partial charge in [-0.3, -0.25) is 0 Å². The number of methoxy groups -OCH3 is 1. The number of rotatable bonds is 4. The van der Waals surface area contributed by atoms with E-state index in [1.54, 1.807) is 7.11 Å². The largest absolute Gasteiger partial charge is 0.495 e. The molecule has 0 amide bonds. The third-order valence-electron chi connectivity index (χ3n) is 3.88. The van der Waals surface area contributed by atoms with Crippen molar-refractivity contribution in [2.45, 2.75) is 26.2 Å². The molecule has 0 aromatic heterocycles. The zero-order chi connectivity index (χ0) is 12.3. The van der Waals surface area contributed by atoms with Crippen LogP contribution in [0, 0.1) is 11.8 Å².